The Morgan fingerprint density at radius 2 is 1.50 bits per heavy atom. The molecule has 0 aromatic heterocycles. The number of carbonyl (C=O) groups excluding carboxylic acids is 2. The lowest BCUT2D eigenvalue weighted by Crippen LogP contribution is -2.48. The highest BCUT2D eigenvalue weighted by molar-refractivity contribution is 5.96. The highest BCUT2D eigenvalue weighted by Crippen LogP contribution is 2.20. The number of anilines is 1. The van der Waals surface area contributed by atoms with E-state index < -0.39 is 0 Å². The first kappa shape index (κ1) is 20.3. The van der Waals surface area contributed by atoms with E-state index in [0.717, 1.165) is 38.4 Å². The van der Waals surface area contributed by atoms with Gasteiger partial charge in [0.2, 0.25) is 5.91 Å². The summed E-state index contributed by atoms with van der Waals surface area (Å²) < 4.78 is 0. The van der Waals surface area contributed by atoms with Gasteiger partial charge in [0.1, 0.15) is 0 Å². The van der Waals surface area contributed by atoms with Gasteiger partial charge >= 0.3 is 0 Å². The standard InChI is InChI=1S/C25H27N3O2/c1-19(29)20-9-11-23(12-10-20)26-25(30)18-28-15-13-27(14-16-28)17-22-7-4-6-21-5-2-3-8-24(21)22/h2-12H,13-18H2,1H3,(H,26,30). The van der Waals surface area contributed by atoms with Crippen LogP contribution in [0.4, 0.5) is 5.69 Å². The number of benzene rings is 3. The first-order chi connectivity index (χ1) is 14.6. The molecule has 1 heterocycles. The molecule has 1 aliphatic heterocycles. The van der Waals surface area contributed by atoms with Crippen molar-refractivity contribution in [3.63, 3.8) is 0 Å². The normalized spacial score (nSPS) is 15.2. The molecule has 0 atom stereocenters. The Labute approximate surface area is 177 Å². The summed E-state index contributed by atoms with van der Waals surface area (Å²) in [7, 11) is 0. The van der Waals surface area contributed by atoms with E-state index in [2.05, 4.69) is 57.6 Å². The molecule has 0 saturated carbocycles. The number of hydrogen-bond donors (Lipinski definition) is 1. The average Bonchev–Trinajstić information content (AvgIpc) is 2.76. The van der Waals surface area contributed by atoms with Crippen molar-refractivity contribution in [2.24, 2.45) is 0 Å². The van der Waals surface area contributed by atoms with Crippen LogP contribution in [0, 0.1) is 0 Å². The molecule has 154 valence electrons. The van der Waals surface area contributed by atoms with E-state index in [1.807, 2.05) is 0 Å². The molecule has 3 aromatic rings. The number of carbonyl (C=O) groups is 2. The highest BCUT2D eigenvalue weighted by atomic mass is 16.2. The van der Waals surface area contributed by atoms with Gasteiger partial charge in [-0.3, -0.25) is 19.4 Å². The van der Waals surface area contributed by atoms with Crippen LogP contribution in [0.3, 0.4) is 0 Å². The Kier molecular flexibility index (Phi) is 6.21. The number of hydrogen-bond acceptors (Lipinski definition) is 4. The second-order valence-corrected chi connectivity index (χ2v) is 7.87. The average molecular weight is 402 g/mol. The summed E-state index contributed by atoms with van der Waals surface area (Å²) in [5, 5.41) is 5.52. The van der Waals surface area contributed by atoms with Crippen LogP contribution in [0.1, 0.15) is 22.8 Å². The van der Waals surface area contributed by atoms with E-state index in [4.69, 9.17) is 0 Å². The van der Waals surface area contributed by atoms with E-state index in [9.17, 15) is 9.59 Å². The van der Waals surface area contributed by atoms with E-state index in [-0.39, 0.29) is 11.7 Å². The van der Waals surface area contributed by atoms with Crippen LogP contribution in [-0.4, -0.2) is 54.2 Å². The van der Waals surface area contributed by atoms with Gasteiger partial charge in [0.05, 0.1) is 6.54 Å². The summed E-state index contributed by atoms with van der Waals surface area (Å²) in [5.41, 5.74) is 2.73. The van der Waals surface area contributed by atoms with Gasteiger partial charge in [0.25, 0.3) is 0 Å². The van der Waals surface area contributed by atoms with Crippen LogP contribution >= 0.6 is 0 Å². The molecule has 0 aliphatic carbocycles. The van der Waals surface area contributed by atoms with Crippen molar-refractivity contribution in [2.75, 3.05) is 38.0 Å². The Morgan fingerprint density at radius 1 is 0.833 bits per heavy atom. The minimum Gasteiger partial charge on any atom is -0.325 e. The Bertz CT molecular complexity index is 1030. The lowest BCUT2D eigenvalue weighted by atomic mass is 10.0. The van der Waals surface area contributed by atoms with Gasteiger partial charge < -0.3 is 5.32 Å². The third-order valence-corrected chi connectivity index (χ3v) is 5.68. The molecule has 30 heavy (non-hydrogen) atoms. The van der Waals surface area contributed by atoms with Crippen molar-refractivity contribution in [3.8, 4) is 0 Å². The smallest absolute Gasteiger partial charge is 0.238 e. The van der Waals surface area contributed by atoms with E-state index >= 15 is 0 Å². The third kappa shape index (κ3) is 4.93. The molecule has 1 fully saturated rings. The van der Waals surface area contributed by atoms with Crippen LogP contribution in [0.25, 0.3) is 10.8 Å². The quantitative estimate of drug-likeness (QED) is 0.639. The summed E-state index contributed by atoms with van der Waals surface area (Å²) in [5.74, 6) is 0.00215. The maximum Gasteiger partial charge on any atom is 0.238 e. The van der Waals surface area contributed by atoms with Crippen molar-refractivity contribution in [3.05, 3.63) is 77.9 Å². The second kappa shape index (κ2) is 9.20. The minimum absolute atomic E-state index is 0.0203. The van der Waals surface area contributed by atoms with Crippen molar-refractivity contribution < 1.29 is 9.59 Å². The van der Waals surface area contributed by atoms with Crippen molar-refractivity contribution in [1.29, 1.82) is 0 Å². The van der Waals surface area contributed by atoms with E-state index in [0.29, 0.717) is 12.1 Å². The molecule has 1 saturated heterocycles. The summed E-state index contributed by atoms with van der Waals surface area (Å²) >= 11 is 0. The van der Waals surface area contributed by atoms with E-state index in [1.54, 1.807) is 24.3 Å². The van der Waals surface area contributed by atoms with Crippen molar-refractivity contribution in [1.82, 2.24) is 9.80 Å². The third-order valence-electron chi connectivity index (χ3n) is 5.68. The number of Topliss-reactive ketones (excluding diaryl/α,β-unsaturated/α-hetero) is 1. The maximum atomic E-state index is 12.4. The molecule has 4 rings (SSSR count). The van der Waals surface area contributed by atoms with Crippen LogP contribution in [-0.2, 0) is 11.3 Å². The first-order valence-electron chi connectivity index (χ1n) is 10.4. The number of nitrogens with zero attached hydrogens (tertiary/aromatic N) is 2. The van der Waals surface area contributed by atoms with Gasteiger partial charge in [0.15, 0.2) is 5.78 Å². The zero-order valence-electron chi connectivity index (χ0n) is 17.3. The molecule has 5 heteroatoms. The largest absolute Gasteiger partial charge is 0.325 e. The molecular weight excluding hydrogens is 374 g/mol. The van der Waals surface area contributed by atoms with E-state index in [1.165, 1.54) is 23.3 Å². The fourth-order valence-corrected chi connectivity index (χ4v) is 3.97. The monoisotopic (exact) mass is 401 g/mol. The molecule has 0 spiro atoms. The summed E-state index contributed by atoms with van der Waals surface area (Å²) in [4.78, 5) is 28.4. The number of nitrogens with one attached hydrogen (secondary N) is 1. The van der Waals surface area contributed by atoms with Gasteiger partial charge in [-0.2, -0.15) is 0 Å². The van der Waals surface area contributed by atoms with Crippen LogP contribution in [0.2, 0.25) is 0 Å². The predicted molar refractivity (Wildman–Crippen MR) is 121 cm³/mol. The van der Waals surface area contributed by atoms with Crippen LogP contribution < -0.4 is 5.32 Å². The summed E-state index contributed by atoms with van der Waals surface area (Å²) in [6.45, 7) is 6.50. The number of fused-ring (bicyclic) bond motifs is 1. The number of rotatable bonds is 6. The fraction of sp³-hybridized carbons (Fsp3) is 0.280. The predicted octanol–water partition coefficient (Wildman–Crippen LogP) is 3.80. The van der Waals surface area contributed by atoms with Gasteiger partial charge in [0, 0.05) is 44.0 Å². The van der Waals surface area contributed by atoms with Crippen LogP contribution in [0.15, 0.2) is 66.7 Å². The second-order valence-electron chi connectivity index (χ2n) is 7.87. The van der Waals surface area contributed by atoms with Gasteiger partial charge in [-0.1, -0.05) is 42.5 Å². The Morgan fingerprint density at radius 3 is 2.23 bits per heavy atom. The molecule has 3 aromatic carbocycles. The summed E-state index contributed by atoms with van der Waals surface area (Å²) in [6.07, 6.45) is 0. The molecule has 1 aliphatic rings. The zero-order chi connectivity index (χ0) is 20.9. The topological polar surface area (TPSA) is 52.7 Å². The van der Waals surface area contributed by atoms with Gasteiger partial charge in [-0.15, -0.1) is 0 Å². The molecule has 0 unspecified atom stereocenters. The number of ketones is 1. The Balaban J connectivity index is 1.27. The first-order valence-corrected chi connectivity index (χ1v) is 10.4. The fourth-order valence-electron chi connectivity index (χ4n) is 3.97. The van der Waals surface area contributed by atoms with Gasteiger partial charge in [-0.05, 0) is 47.5 Å². The number of piperazine rings is 1. The Hall–Kier alpha value is -3.02. The van der Waals surface area contributed by atoms with Gasteiger partial charge in [-0.25, -0.2) is 0 Å². The zero-order valence-corrected chi connectivity index (χ0v) is 17.3. The van der Waals surface area contributed by atoms with Crippen molar-refractivity contribution >= 4 is 28.2 Å². The lowest BCUT2D eigenvalue weighted by molar-refractivity contribution is -0.117. The molecular formula is C25H27N3O2. The molecule has 1 N–H and O–H groups in total. The maximum absolute atomic E-state index is 12.4. The minimum atomic E-state index is -0.0203. The number of amides is 1. The summed E-state index contributed by atoms with van der Waals surface area (Å²) in [6, 6.07) is 22.0. The molecule has 1 amide bonds. The SMILES string of the molecule is CC(=O)c1ccc(NC(=O)CN2CCN(Cc3cccc4ccccc34)CC2)cc1. The highest BCUT2D eigenvalue weighted by Gasteiger charge is 2.19. The van der Waals surface area contributed by atoms with Crippen LogP contribution in [0.5, 0.6) is 0 Å². The molecule has 5 nitrogen and oxygen atoms in total. The molecule has 0 bridgehead atoms. The van der Waals surface area contributed by atoms with Crippen molar-refractivity contribution in [2.45, 2.75) is 13.5 Å². The molecule has 0 radical (unpaired) electrons. The lowest BCUT2D eigenvalue weighted by Gasteiger charge is -2.34.